The molecule has 0 aromatic heterocycles. The van der Waals surface area contributed by atoms with Gasteiger partial charge >= 0.3 is 0 Å². The van der Waals surface area contributed by atoms with Crippen LogP contribution in [0, 0.1) is 0 Å². The number of hydrogen-bond donors (Lipinski definition) is 1. The van der Waals surface area contributed by atoms with E-state index in [1.54, 1.807) is 0 Å². The van der Waals surface area contributed by atoms with Crippen LogP contribution in [-0.2, 0) is 12.8 Å². The highest BCUT2D eigenvalue weighted by Crippen LogP contribution is 2.23. The first-order valence-electron chi connectivity index (χ1n) is 7.30. The van der Waals surface area contributed by atoms with Crippen molar-refractivity contribution in [3.63, 3.8) is 0 Å². The van der Waals surface area contributed by atoms with Crippen LogP contribution in [0.1, 0.15) is 36.6 Å². The topological polar surface area (TPSA) is 12.0 Å². The zero-order valence-electron chi connectivity index (χ0n) is 12.2. The highest BCUT2D eigenvalue weighted by molar-refractivity contribution is 6.30. The third-order valence-corrected chi connectivity index (χ3v) is 3.83. The molecule has 0 aliphatic heterocycles. The molecule has 0 aliphatic carbocycles. The van der Waals surface area contributed by atoms with Crippen molar-refractivity contribution in [3.05, 3.63) is 70.2 Å². The lowest BCUT2D eigenvalue weighted by Crippen LogP contribution is -2.24. The lowest BCUT2D eigenvalue weighted by molar-refractivity contribution is 0.546. The van der Waals surface area contributed by atoms with Crippen LogP contribution in [0.4, 0.5) is 0 Å². The quantitative estimate of drug-likeness (QED) is 0.805. The number of hydrogen-bond acceptors (Lipinski definition) is 1. The minimum Gasteiger partial charge on any atom is -0.310 e. The first-order chi connectivity index (χ1) is 9.74. The van der Waals surface area contributed by atoms with Crippen LogP contribution in [0.2, 0.25) is 5.02 Å². The Morgan fingerprint density at radius 3 is 2.55 bits per heavy atom. The van der Waals surface area contributed by atoms with Gasteiger partial charge in [0.05, 0.1) is 0 Å². The standard InChI is InChI=1S/C18H22ClN/c1-3-15-9-5-6-11-17(15)18(20-4-2)13-14-8-7-10-16(19)12-14/h5-12,18,20H,3-4,13H2,1-2H3. The Balaban J connectivity index is 2.26. The van der Waals surface area contributed by atoms with E-state index in [9.17, 15) is 0 Å². The molecule has 2 aromatic rings. The Bertz CT molecular complexity index is 551. The van der Waals surface area contributed by atoms with Crippen LogP contribution < -0.4 is 5.32 Å². The zero-order valence-corrected chi connectivity index (χ0v) is 13.0. The maximum Gasteiger partial charge on any atom is 0.0408 e. The number of nitrogens with one attached hydrogen (secondary N) is 1. The molecular weight excluding hydrogens is 266 g/mol. The smallest absolute Gasteiger partial charge is 0.0408 e. The summed E-state index contributed by atoms with van der Waals surface area (Å²) in [5.74, 6) is 0. The van der Waals surface area contributed by atoms with Crippen molar-refractivity contribution in [1.82, 2.24) is 5.32 Å². The molecule has 0 saturated heterocycles. The molecule has 2 rings (SSSR count). The van der Waals surface area contributed by atoms with E-state index in [1.165, 1.54) is 16.7 Å². The Hall–Kier alpha value is -1.31. The van der Waals surface area contributed by atoms with Crippen molar-refractivity contribution in [2.45, 2.75) is 32.7 Å². The summed E-state index contributed by atoms with van der Waals surface area (Å²) in [7, 11) is 0. The Morgan fingerprint density at radius 2 is 1.85 bits per heavy atom. The van der Waals surface area contributed by atoms with Crippen LogP contribution in [0.15, 0.2) is 48.5 Å². The molecule has 1 N–H and O–H groups in total. The van der Waals surface area contributed by atoms with Gasteiger partial charge in [-0.3, -0.25) is 0 Å². The van der Waals surface area contributed by atoms with Gasteiger partial charge in [0.25, 0.3) is 0 Å². The summed E-state index contributed by atoms with van der Waals surface area (Å²) in [6, 6.07) is 17.2. The second kappa shape index (κ2) is 7.47. The van der Waals surface area contributed by atoms with Crippen molar-refractivity contribution in [2.24, 2.45) is 0 Å². The number of rotatable bonds is 6. The number of benzene rings is 2. The zero-order chi connectivity index (χ0) is 14.4. The molecule has 106 valence electrons. The van der Waals surface area contributed by atoms with E-state index in [0.29, 0.717) is 6.04 Å². The summed E-state index contributed by atoms with van der Waals surface area (Å²) in [6.45, 7) is 5.32. The Labute approximate surface area is 127 Å². The molecule has 0 amide bonds. The predicted molar refractivity (Wildman–Crippen MR) is 87.4 cm³/mol. The molecule has 0 heterocycles. The van der Waals surface area contributed by atoms with Crippen molar-refractivity contribution >= 4 is 11.6 Å². The molecule has 1 unspecified atom stereocenters. The van der Waals surface area contributed by atoms with E-state index in [2.05, 4.69) is 55.6 Å². The van der Waals surface area contributed by atoms with Crippen molar-refractivity contribution in [1.29, 1.82) is 0 Å². The summed E-state index contributed by atoms with van der Waals surface area (Å²) in [4.78, 5) is 0. The maximum absolute atomic E-state index is 6.09. The lowest BCUT2D eigenvalue weighted by atomic mass is 9.93. The molecule has 1 atom stereocenters. The summed E-state index contributed by atoms with van der Waals surface area (Å²) < 4.78 is 0. The molecule has 0 spiro atoms. The number of likely N-dealkylation sites (N-methyl/N-ethyl adjacent to an activating group) is 1. The highest BCUT2D eigenvalue weighted by Gasteiger charge is 2.14. The molecule has 0 bridgehead atoms. The fourth-order valence-electron chi connectivity index (χ4n) is 2.63. The van der Waals surface area contributed by atoms with E-state index < -0.39 is 0 Å². The predicted octanol–water partition coefficient (Wildman–Crippen LogP) is 4.80. The van der Waals surface area contributed by atoms with Gasteiger partial charge in [0.1, 0.15) is 0 Å². The van der Waals surface area contributed by atoms with Crippen LogP contribution in [-0.4, -0.2) is 6.54 Å². The van der Waals surface area contributed by atoms with Crippen molar-refractivity contribution in [3.8, 4) is 0 Å². The third kappa shape index (κ3) is 3.84. The van der Waals surface area contributed by atoms with E-state index >= 15 is 0 Å². The molecular formula is C18H22ClN. The van der Waals surface area contributed by atoms with E-state index in [-0.39, 0.29) is 0 Å². The third-order valence-electron chi connectivity index (χ3n) is 3.59. The van der Waals surface area contributed by atoms with Crippen molar-refractivity contribution in [2.75, 3.05) is 6.54 Å². The number of aryl methyl sites for hydroxylation is 1. The summed E-state index contributed by atoms with van der Waals surface area (Å²) in [5.41, 5.74) is 4.09. The summed E-state index contributed by atoms with van der Waals surface area (Å²) in [5, 5.41) is 4.41. The van der Waals surface area contributed by atoms with Gasteiger partial charge in [-0.05, 0) is 48.2 Å². The second-order valence-corrected chi connectivity index (χ2v) is 5.43. The van der Waals surface area contributed by atoms with Gasteiger partial charge in [-0.2, -0.15) is 0 Å². The van der Waals surface area contributed by atoms with Crippen LogP contribution in [0.3, 0.4) is 0 Å². The van der Waals surface area contributed by atoms with Gasteiger partial charge in [-0.15, -0.1) is 0 Å². The first-order valence-corrected chi connectivity index (χ1v) is 7.68. The first kappa shape index (κ1) is 15.1. The van der Waals surface area contributed by atoms with Gasteiger partial charge in [-0.1, -0.05) is 61.8 Å². The van der Waals surface area contributed by atoms with Gasteiger partial charge in [0, 0.05) is 11.1 Å². The Morgan fingerprint density at radius 1 is 1.05 bits per heavy atom. The van der Waals surface area contributed by atoms with E-state index in [1.807, 2.05) is 12.1 Å². The fraction of sp³-hybridized carbons (Fsp3) is 0.333. The molecule has 0 saturated carbocycles. The van der Waals surface area contributed by atoms with Crippen LogP contribution in [0.5, 0.6) is 0 Å². The molecule has 0 radical (unpaired) electrons. The fourth-order valence-corrected chi connectivity index (χ4v) is 2.85. The van der Waals surface area contributed by atoms with Crippen molar-refractivity contribution < 1.29 is 0 Å². The van der Waals surface area contributed by atoms with Gasteiger partial charge in [-0.25, -0.2) is 0 Å². The average molecular weight is 288 g/mol. The average Bonchev–Trinajstić information content (AvgIpc) is 2.47. The Kier molecular flexibility index (Phi) is 5.63. The minimum atomic E-state index is 0.342. The van der Waals surface area contributed by atoms with Crippen LogP contribution in [0.25, 0.3) is 0 Å². The van der Waals surface area contributed by atoms with E-state index in [0.717, 1.165) is 24.4 Å². The van der Waals surface area contributed by atoms with Gasteiger partial charge in [0.15, 0.2) is 0 Å². The largest absolute Gasteiger partial charge is 0.310 e. The monoisotopic (exact) mass is 287 g/mol. The highest BCUT2D eigenvalue weighted by atomic mass is 35.5. The number of halogens is 1. The maximum atomic E-state index is 6.09. The van der Waals surface area contributed by atoms with Gasteiger partial charge in [0.2, 0.25) is 0 Å². The molecule has 2 heteroatoms. The molecule has 0 fully saturated rings. The minimum absolute atomic E-state index is 0.342. The van der Waals surface area contributed by atoms with Gasteiger partial charge < -0.3 is 5.32 Å². The van der Waals surface area contributed by atoms with Crippen LogP contribution >= 0.6 is 11.6 Å². The lowest BCUT2D eigenvalue weighted by Gasteiger charge is -2.21. The van der Waals surface area contributed by atoms with E-state index in [4.69, 9.17) is 11.6 Å². The molecule has 20 heavy (non-hydrogen) atoms. The SMILES string of the molecule is CCNC(Cc1cccc(Cl)c1)c1ccccc1CC. The second-order valence-electron chi connectivity index (χ2n) is 5.00. The summed E-state index contributed by atoms with van der Waals surface area (Å²) >= 11 is 6.09. The molecule has 0 aliphatic rings. The molecule has 1 nitrogen and oxygen atoms in total. The summed E-state index contributed by atoms with van der Waals surface area (Å²) in [6.07, 6.45) is 2.03. The molecule has 2 aromatic carbocycles. The normalized spacial score (nSPS) is 12.3.